The van der Waals surface area contributed by atoms with Crippen LogP contribution >= 0.6 is 23.2 Å². The van der Waals surface area contributed by atoms with Crippen LogP contribution < -0.4 is 0 Å². The van der Waals surface area contributed by atoms with Crippen LogP contribution in [0.5, 0.6) is 0 Å². The second-order valence-corrected chi connectivity index (χ2v) is 4.23. The summed E-state index contributed by atoms with van der Waals surface area (Å²) in [7, 11) is 0. The van der Waals surface area contributed by atoms with Crippen molar-refractivity contribution < 1.29 is 0 Å². The molecular weight excluding hydrogens is 245 g/mol. The van der Waals surface area contributed by atoms with Crippen LogP contribution in [0, 0.1) is 0 Å². The smallest absolute Gasteiger partial charge is 0.225 e. The molecule has 0 saturated carbocycles. The minimum Gasteiger partial charge on any atom is -0.297 e. The van der Waals surface area contributed by atoms with Gasteiger partial charge < -0.3 is 0 Å². The Morgan fingerprint density at radius 3 is 2.75 bits per heavy atom. The first-order valence-corrected chi connectivity index (χ1v) is 5.78. The fourth-order valence-electron chi connectivity index (χ4n) is 1.55. The number of hydrogen-bond acceptors (Lipinski definition) is 2. The number of aryl methyl sites for hydroxylation is 1. The fraction of sp³-hybridized carbons (Fsp3) is 0.273. The van der Waals surface area contributed by atoms with Crippen LogP contribution in [0.15, 0.2) is 24.3 Å². The van der Waals surface area contributed by atoms with Crippen LogP contribution in [0.25, 0.3) is 0 Å². The second-order valence-electron chi connectivity index (χ2n) is 3.45. The molecule has 3 nitrogen and oxygen atoms in total. The lowest BCUT2D eigenvalue weighted by molar-refractivity contribution is 0.733. The topological polar surface area (TPSA) is 30.7 Å². The summed E-state index contributed by atoms with van der Waals surface area (Å²) in [5.41, 5.74) is 1.09. The predicted octanol–water partition coefficient (Wildman–Crippen LogP) is 3.20. The van der Waals surface area contributed by atoms with Gasteiger partial charge in [-0.2, -0.15) is 0 Å². The van der Waals surface area contributed by atoms with Crippen molar-refractivity contribution in [3.8, 4) is 0 Å². The summed E-state index contributed by atoms with van der Waals surface area (Å²) < 4.78 is 1.88. The minimum absolute atomic E-state index is 0.414. The molecule has 84 valence electrons. The van der Waals surface area contributed by atoms with Gasteiger partial charge in [0.2, 0.25) is 5.28 Å². The molecule has 1 aromatic carbocycles. The van der Waals surface area contributed by atoms with Gasteiger partial charge in [0.25, 0.3) is 0 Å². The molecule has 16 heavy (non-hydrogen) atoms. The Balaban J connectivity index is 2.29. The molecule has 5 heteroatoms. The zero-order valence-corrected chi connectivity index (χ0v) is 10.3. The van der Waals surface area contributed by atoms with Crippen LogP contribution in [0.1, 0.15) is 18.3 Å². The first-order chi connectivity index (χ1) is 7.70. The van der Waals surface area contributed by atoms with Gasteiger partial charge in [0.15, 0.2) is 0 Å². The van der Waals surface area contributed by atoms with Crippen LogP contribution in [0.3, 0.4) is 0 Å². The molecule has 0 aliphatic carbocycles. The van der Waals surface area contributed by atoms with E-state index in [4.69, 9.17) is 23.2 Å². The minimum atomic E-state index is 0.414. The van der Waals surface area contributed by atoms with Crippen LogP contribution in [0.4, 0.5) is 0 Å². The van der Waals surface area contributed by atoms with Crippen LogP contribution in [-0.4, -0.2) is 14.8 Å². The maximum absolute atomic E-state index is 5.97. The molecule has 0 fully saturated rings. The Morgan fingerprint density at radius 2 is 2.06 bits per heavy atom. The number of benzene rings is 1. The highest BCUT2D eigenvalue weighted by atomic mass is 35.5. The summed E-state index contributed by atoms with van der Waals surface area (Å²) >= 11 is 11.9. The first kappa shape index (κ1) is 11.4. The molecule has 0 spiro atoms. The van der Waals surface area contributed by atoms with Gasteiger partial charge in [0.05, 0.1) is 6.54 Å². The van der Waals surface area contributed by atoms with Crippen molar-refractivity contribution in [2.45, 2.75) is 19.9 Å². The van der Waals surface area contributed by atoms with Gasteiger partial charge in [-0.05, 0) is 29.3 Å². The number of hydrogen-bond donors (Lipinski definition) is 0. The van der Waals surface area contributed by atoms with E-state index >= 15 is 0 Å². The SMILES string of the molecule is CCc1nnc(Cl)n1Cc1cccc(Cl)c1. The van der Waals surface area contributed by atoms with Crippen molar-refractivity contribution in [2.75, 3.05) is 0 Å². The zero-order valence-electron chi connectivity index (χ0n) is 8.82. The van der Waals surface area contributed by atoms with Crippen molar-refractivity contribution in [1.29, 1.82) is 0 Å². The zero-order chi connectivity index (χ0) is 11.5. The number of nitrogens with zero attached hydrogens (tertiary/aromatic N) is 3. The maximum Gasteiger partial charge on any atom is 0.225 e. The molecule has 1 aromatic heterocycles. The molecule has 0 aliphatic rings. The third-order valence-corrected chi connectivity index (χ3v) is 2.84. The Bertz CT molecular complexity index is 494. The van der Waals surface area contributed by atoms with Crippen LogP contribution in [-0.2, 0) is 13.0 Å². The molecule has 0 N–H and O–H groups in total. The third kappa shape index (κ3) is 2.36. The van der Waals surface area contributed by atoms with E-state index in [0.717, 1.165) is 22.8 Å². The van der Waals surface area contributed by atoms with Gasteiger partial charge in [-0.1, -0.05) is 30.7 Å². The number of aromatic nitrogens is 3. The lowest BCUT2D eigenvalue weighted by Crippen LogP contribution is -2.04. The fourth-order valence-corrected chi connectivity index (χ4v) is 1.96. The monoisotopic (exact) mass is 255 g/mol. The molecule has 0 aliphatic heterocycles. The van der Waals surface area contributed by atoms with E-state index < -0.39 is 0 Å². The highest BCUT2D eigenvalue weighted by Crippen LogP contribution is 2.15. The largest absolute Gasteiger partial charge is 0.297 e. The highest BCUT2D eigenvalue weighted by molar-refractivity contribution is 6.30. The Kier molecular flexibility index (Phi) is 3.46. The van der Waals surface area contributed by atoms with Crippen molar-refractivity contribution >= 4 is 23.2 Å². The van der Waals surface area contributed by atoms with Gasteiger partial charge in [-0.25, -0.2) is 0 Å². The first-order valence-electron chi connectivity index (χ1n) is 5.02. The number of rotatable bonds is 3. The Hall–Kier alpha value is -1.06. The van der Waals surface area contributed by atoms with Gasteiger partial charge in [-0.15, -0.1) is 10.2 Å². The van der Waals surface area contributed by atoms with E-state index in [0.29, 0.717) is 11.8 Å². The molecule has 2 rings (SSSR count). The molecule has 1 heterocycles. The average Bonchev–Trinajstić information content (AvgIpc) is 2.60. The lowest BCUT2D eigenvalue weighted by Gasteiger charge is -2.06. The van der Waals surface area contributed by atoms with E-state index in [1.807, 2.05) is 35.8 Å². The third-order valence-electron chi connectivity index (χ3n) is 2.33. The summed E-state index contributed by atoms with van der Waals surface area (Å²) in [5, 5.41) is 8.99. The van der Waals surface area contributed by atoms with Crippen molar-refractivity contribution in [2.24, 2.45) is 0 Å². The normalized spacial score (nSPS) is 10.7. The predicted molar refractivity (Wildman–Crippen MR) is 65.0 cm³/mol. The van der Waals surface area contributed by atoms with Crippen molar-refractivity contribution in [1.82, 2.24) is 14.8 Å². The second kappa shape index (κ2) is 4.85. The summed E-state index contributed by atoms with van der Waals surface area (Å²) in [4.78, 5) is 0. The van der Waals surface area contributed by atoms with E-state index in [1.165, 1.54) is 0 Å². The van der Waals surface area contributed by atoms with E-state index in [9.17, 15) is 0 Å². The summed E-state index contributed by atoms with van der Waals surface area (Å²) in [6.07, 6.45) is 0.806. The molecule has 2 aromatic rings. The maximum atomic E-state index is 5.97. The van der Waals surface area contributed by atoms with Gasteiger partial charge >= 0.3 is 0 Å². The summed E-state index contributed by atoms with van der Waals surface area (Å²) in [6, 6.07) is 7.68. The van der Waals surface area contributed by atoms with Crippen molar-refractivity contribution in [3.05, 3.63) is 46.0 Å². The van der Waals surface area contributed by atoms with Gasteiger partial charge in [0, 0.05) is 11.4 Å². The molecule has 0 unspecified atom stereocenters. The Labute approximate surface area is 104 Å². The Morgan fingerprint density at radius 1 is 1.25 bits per heavy atom. The van der Waals surface area contributed by atoms with E-state index in [1.54, 1.807) is 0 Å². The average molecular weight is 256 g/mol. The molecule has 0 saturated heterocycles. The highest BCUT2D eigenvalue weighted by Gasteiger charge is 2.08. The quantitative estimate of drug-likeness (QED) is 0.844. The molecule has 0 atom stereocenters. The summed E-state index contributed by atoms with van der Waals surface area (Å²) in [6.45, 7) is 2.67. The standard InChI is InChI=1S/C11H11Cl2N3/c1-2-10-14-15-11(13)16(10)7-8-4-3-5-9(12)6-8/h3-6H,2,7H2,1H3. The molecular formula is C11H11Cl2N3. The molecule has 0 bridgehead atoms. The van der Waals surface area contributed by atoms with Crippen molar-refractivity contribution in [3.63, 3.8) is 0 Å². The number of halogens is 2. The molecule has 0 amide bonds. The molecule has 0 radical (unpaired) electrons. The van der Waals surface area contributed by atoms with Gasteiger partial charge in [-0.3, -0.25) is 4.57 Å². The van der Waals surface area contributed by atoms with Crippen LogP contribution in [0.2, 0.25) is 10.3 Å². The van der Waals surface area contributed by atoms with E-state index in [-0.39, 0.29) is 0 Å². The van der Waals surface area contributed by atoms with E-state index in [2.05, 4.69) is 10.2 Å². The van der Waals surface area contributed by atoms with Gasteiger partial charge in [0.1, 0.15) is 5.82 Å². The summed E-state index contributed by atoms with van der Waals surface area (Å²) in [5.74, 6) is 0.880. The lowest BCUT2D eigenvalue weighted by atomic mass is 10.2.